The van der Waals surface area contributed by atoms with Gasteiger partial charge in [0.1, 0.15) is 12.1 Å². The summed E-state index contributed by atoms with van der Waals surface area (Å²) in [4.78, 5) is 22.2. The Morgan fingerprint density at radius 3 is 2.85 bits per heavy atom. The van der Waals surface area contributed by atoms with Crippen molar-refractivity contribution in [2.45, 2.75) is 45.4 Å². The monoisotopic (exact) mass is 182 g/mol. The molecule has 0 bridgehead atoms. The standard InChI is InChI=1S/C11H18O2/c1-2-3-5-9-6-4-7-10(8-12)11(9)13/h8-10H,2-7H2,1H3. The molecule has 0 aromatic carbocycles. The van der Waals surface area contributed by atoms with Gasteiger partial charge >= 0.3 is 0 Å². The zero-order valence-electron chi connectivity index (χ0n) is 8.29. The van der Waals surface area contributed by atoms with E-state index in [2.05, 4.69) is 6.92 Å². The van der Waals surface area contributed by atoms with E-state index in [1.807, 2.05) is 0 Å². The fourth-order valence-electron chi connectivity index (χ4n) is 2.04. The van der Waals surface area contributed by atoms with E-state index >= 15 is 0 Å². The van der Waals surface area contributed by atoms with Gasteiger partial charge in [-0.2, -0.15) is 0 Å². The van der Waals surface area contributed by atoms with Crippen LogP contribution in [0.5, 0.6) is 0 Å². The largest absolute Gasteiger partial charge is 0.303 e. The maximum Gasteiger partial charge on any atom is 0.146 e. The normalized spacial score (nSPS) is 28.8. The molecule has 0 aromatic rings. The average molecular weight is 182 g/mol. The van der Waals surface area contributed by atoms with Gasteiger partial charge in [-0.05, 0) is 19.3 Å². The van der Waals surface area contributed by atoms with Crippen LogP contribution in [0.3, 0.4) is 0 Å². The van der Waals surface area contributed by atoms with Gasteiger partial charge in [-0.15, -0.1) is 0 Å². The molecule has 0 saturated heterocycles. The lowest BCUT2D eigenvalue weighted by atomic mass is 9.78. The molecule has 0 N–H and O–H groups in total. The lowest BCUT2D eigenvalue weighted by Crippen LogP contribution is -2.29. The number of rotatable bonds is 4. The average Bonchev–Trinajstić information content (AvgIpc) is 2.16. The molecule has 2 atom stereocenters. The summed E-state index contributed by atoms with van der Waals surface area (Å²) < 4.78 is 0. The molecule has 2 unspecified atom stereocenters. The summed E-state index contributed by atoms with van der Waals surface area (Å²) >= 11 is 0. The Kier molecular flexibility index (Phi) is 4.13. The Morgan fingerprint density at radius 1 is 1.46 bits per heavy atom. The number of unbranched alkanes of at least 4 members (excludes halogenated alkanes) is 1. The number of carbonyl (C=O) groups is 2. The van der Waals surface area contributed by atoms with Gasteiger partial charge in [0, 0.05) is 5.92 Å². The minimum absolute atomic E-state index is 0.184. The zero-order valence-corrected chi connectivity index (χ0v) is 8.29. The van der Waals surface area contributed by atoms with Gasteiger partial charge in [-0.3, -0.25) is 4.79 Å². The predicted octanol–water partition coefficient (Wildman–Crippen LogP) is 2.36. The number of ketones is 1. The third kappa shape index (κ3) is 2.64. The molecule has 2 heteroatoms. The molecule has 0 heterocycles. The molecule has 74 valence electrons. The summed E-state index contributed by atoms with van der Waals surface area (Å²) in [7, 11) is 0. The van der Waals surface area contributed by atoms with Crippen LogP contribution in [0, 0.1) is 11.8 Å². The molecule has 0 aromatic heterocycles. The molecule has 0 spiro atoms. The topological polar surface area (TPSA) is 34.1 Å². The van der Waals surface area contributed by atoms with Crippen LogP contribution in [-0.2, 0) is 9.59 Å². The fraction of sp³-hybridized carbons (Fsp3) is 0.818. The first-order valence-electron chi connectivity index (χ1n) is 5.28. The van der Waals surface area contributed by atoms with Crippen LogP contribution in [-0.4, -0.2) is 12.1 Å². The van der Waals surface area contributed by atoms with Crippen molar-refractivity contribution in [1.29, 1.82) is 0 Å². The van der Waals surface area contributed by atoms with Crippen LogP contribution in [0.4, 0.5) is 0 Å². The second kappa shape index (κ2) is 5.15. The molecule has 0 aliphatic heterocycles. The van der Waals surface area contributed by atoms with Crippen LogP contribution in [0.15, 0.2) is 0 Å². The van der Waals surface area contributed by atoms with Crippen molar-refractivity contribution in [2.24, 2.45) is 11.8 Å². The molecular weight excluding hydrogens is 164 g/mol. The molecule has 1 aliphatic carbocycles. The van der Waals surface area contributed by atoms with E-state index in [1.54, 1.807) is 0 Å². The second-order valence-electron chi connectivity index (χ2n) is 3.92. The SMILES string of the molecule is CCCCC1CCCC(C=O)C1=O. The van der Waals surface area contributed by atoms with Crippen molar-refractivity contribution >= 4 is 12.1 Å². The Hall–Kier alpha value is -0.660. The van der Waals surface area contributed by atoms with E-state index < -0.39 is 0 Å². The number of aldehydes is 1. The van der Waals surface area contributed by atoms with Gasteiger partial charge in [-0.1, -0.05) is 26.2 Å². The van der Waals surface area contributed by atoms with E-state index in [4.69, 9.17) is 0 Å². The summed E-state index contributed by atoms with van der Waals surface area (Å²) in [5.41, 5.74) is 0. The van der Waals surface area contributed by atoms with Gasteiger partial charge in [0.2, 0.25) is 0 Å². The quantitative estimate of drug-likeness (QED) is 0.494. The number of hydrogen-bond acceptors (Lipinski definition) is 2. The number of Topliss-reactive ketones (excluding diaryl/α,β-unsaturated/α-hetero) is 1. The molecule has 1 rings (SSSR count). The van der Waals surface area contributed by atoms with Crippen molar-refractivity contribution in [1.82, 2.24) is 0 Å². The van der Waals surface area contributed by atoms with Crippen molar-refractivity contribution < 1.29 is 9.59 Å². The van der Waals surface area contributed by atoms with E-state index in [0.717, 1.165) is 44.8 Å². The Morgan fingerprint density at radius 2 is 2.23 bits per heavy atom. The van der Waals surface area contributed by atoms with Gasteiger partial charge in [-0.25, -0.2) is 0 Å². The van der Waals surface area contributed by atoms with Gasteiger partial charge in [0.15, 0.2) is 0 Å². The van der Waals surface area contributed by atoms with Gasteiger partial charge in [0.25, 0.3) is 0 Å². The molecular formula is C11H18O2. The van der Waals surface area contributed by atoms with Crippen molar-refractivity contribution in [3.05, 3.63) is 0 Å². The van der Waals surface area contributed by atoms with Crippen molar-refractivity contribution in [3.8, 4) is 0 Å². The molecule has 1 aliphatic rings. The van der Waals surface area contributed by atoms with Crippen molar-refractivity contribution in [2.75, 3.05) is 0 Å². The van der Waals surface area contributed by atoms with Crippen LogP contribution in [0.25, 0.3) is 0 Å². The molecule has 2 nitrogen and oxygen atoms in total. The van der Waals surface area contributed by atoms with Crippen LogP contribution in [0.1, 0.15) is 45.4 Å². The smallest absolute Gasteiger partial charge is 0.146 e. The minimum Gasteiger partial charge on any atom is -0.303 e. The Balaban J connectivity index is 2.44. The first-order valence-corrected chi connectivity index (χ1v) is 5.28. The van der Waals surface area contributed by atoms with E-state index in [9.17, 15) is 9.59 Å². The second-order valence-corrected chi connectivity index (χ2v) is 3.92. The molecule has 0 radical (unpaired) electrons. The maximum absolute atomic E-state index is 11.6. The lowest BCUT2D eigenvalue weighted by Gasteiger charge is -2.24. The number of hydrogen-bond donors (Lipinski definition) is 0. The lowest BCUT2D eigenvalue weighted by molar-refractivity contribution is -0.133. The van der Waals surface area contributed by atoms with Gasteiger partial charge in [0.05, 0.1) is 5.92 Å². The van der Waals surface area contributed by atoms with Crippen LogP contribution >= 0.6 is 0 Å². The Bertz CT molecular complexity index is 187. The highest BCUT2D eigenvalue weighted by Crippen LogP contribution is 2.28. The third-order valence-electron chi connectivity index (χ3n) is 2.91. The molecule has 1 fully saturated rings. The summed E-state index contributed by atoms with van der Waals surface area (Å²) in [6.45, 7) is 2.13. The van der Waals surface area contributed by atoms with Crippen LogP contribution < -0.4 is 0 Å². The Labute approximate surface area is 79.7 Å². The predicted molar refractivity (Wildman–Crippen MR) is 51.4 cm³/mol. The van der Waals surface area contributed by atoms with Crippen LogP contribution in [0.2, 0.25) is 0 Å². The van der Waals surface area contributed by atoms with Gasteiger partial charge < -0.3 is 4.79 Å². The summed E-state index contributed by atoms with van der Waals surface area (Å²) in [6.07, 6.45) is 6.90. The minimum atomic E-state index is -0.282. The first-order chi connectivity index (χ1) is 6.29. The summed E-state index contributed by atoms with van der Waals surface area (Å²) in [6, 6.07) is 0. The first kappa shape index (κ1) is 10.4. The molecule has 13 heavy (non-hydrogen) atoms. The highest BCUT2D eigenvalue weighted by atomic mass is 16.1. The van der Waals surface area contributed by atoms with E-state index in [-0.39, 0.29) is 17.6 Å². The van der Waals surface area contributed by atoms with E-state index in [1.165, 1.54) is 0 Å². The van der Waals surface area contributed by atoms with Crippen molar-refractivity contribution in [3.63, 3.8) is 0 Å². The highest BCUT2D eigenvalue weighted by Gasteiger charge is 2.29. The zero-order chi connectivity index (χ0) is 9.68. The molecule has 1 saturated carbocycles. The fourth-order valence-corrected chi connectivity index (χ4v) is 2.04. The highest BCUT2D eigenvalue weighted by molar-refractivity contribution is 5.95. The molecule has 0 amide bonds. The number of carbonyl (C=O) groups excluding carboxylic acids is 2. The summed E-state index contributed by atoms with van der Waals surface area (Å²) in [5, 5.41) is 0. The maximum atomic E-state index is 11.6. The summed E-state index contributed by atoms with van der Waals surface area (Å²) in [5.74, 6) is 0.106. The van der Waals surface area contributed by atoms with E-state index in [0.29, 0.717) is 0 Å². The third-order valence-corrected chi connectivity index (χ3v) is 2.91.